The zero-order valence-electron chi connectivity index (χ0n) is 12.1. The molecule has 20 heavy (non-hydrogen) atoms. The summed E-state index contributed by atoms with van der Waals surface area (Å²) in [6.45, 7) is 6.17. The zero-order chi connectivity index (χ0) is 14.7. The van der Waals surface area contributed by atoms with E-state index >= 15 is 0 Å². The van der Waals surface area contributed by atoms with Crippen molar-refractivity contribution >= 4 is 11.6 Å². The van der Waals surface area contributed by atoms with Gasteiger partial charge >= 0.3 is 0 Å². The molecule has 0 saturated heterocycles. The molecule has 5 nitrogen and oxygen atoms in total. The molecule has 2 heterocycles. The third kappa shape index (κ3) is 3.36. The largest absolute Gasteiger partial charge is 0.392 e. The summed E-state index contributed by atoms with van der Waals surface area (Å²) in [6.07, 6.45) is 3.37. The highest BCUT2D eigenvalue weighted by molar-refractivity contribution is 5.76. The number of aryl methyl sites for hydroxylation is 1. The molecule has 0 bridgehead atoms. The smallest absolute Gasteiger partial charge is 0.222 e. The number of carbonyl (C=O) groups excluding carboxylic acids is 1. The van der Waals surface area contributed by atoms with Crippen LogP contribution in [0, 0.1) is 12.8 Å². The van der Waals surface area contributed by atoms with Gasteiger partial charge in [-0.15, -0.1) is 0 Å². The van der Waals surface area contributed by atoms with Gasteiger partial charge in [0.1, 0.15) is 5.65 Å². The van der Waals surface area contributed by atoms with E-state index in [0.29, 0.717) is 6.54 Å². The lowest BCUT2D eigenvalue weighted by molar-refractivity contribution is -0.123. The molecule has 1 atom stereocenters. The van der Waals surface area contributed by atoms with Gasteiger partial charge in [-0.25, -0.2) is 4.98 Å². The number of aromatic nitrogens is 2. The Morgan fingerprint density at radius 1 is 1.50 bits per heavy atom. The van der Waals surface area contributed by atoms with Gasteiger partial charge in [0.05, 0.1) is 24.8 Å². The molecule has 1 amide bonds. The summed E-state index contributed by atoms with van der Waals surface area (Å²) < 4.78 is 1.94. The minimum absolute atomic E-state index is 0.0820. The lowest BCUT2D eigenvalue weighted by atomic mass is 10.0. The molecule has 0 aromatic carbocycles. The molecule has 2 aromatic rings. The summed E-state index contributed by atoms with van der Waals surface area (Å²) in [5.41, 5.74) is 2.81. The highest BCUT2D eigenvalue weighted by Crippen LogP contribution is 2.10. The zero-order valence-corrected chi connectivity index (χ0v) is 12.1. The Hall–Kier alpha value is -1.88. The van der Waals surface area contributed by atoms with E-state index < -0.39 is 6.10 Å². The van der Waals surface area contributed by atoms with Crippen molar-refractivity contribution in [2.75, 3.05) is 0 Å². The number of hydrogen-bond donors (Lipinski definition) is 2. The normalized spacial score (nSPS) is 12.8. The Labute approximate surface area is 118 Å². The van der Waals surface area contributed by atoms with Crippen molar-refractivity contribution in [1.82, 2.24) is 14.7 Å². The van der Waals surface area contributed by atoms with Crippen molar-refractivity contribution in [1.29, 1.82) is 0 Å². The Morgan fingerprint density at radius 2 is 2.25 bits per heavy atom. The first-order chi connectivity index (χ1) is 9.47. The Kier molecular flexibility index (Phi) is 4.39. The molecule has 0 spiro atoms. The molecule has 0 saturated carbocycles. The lowest BCUT2D eigenvalue weighted by Gasteiger charge is -2.13. The fourth-order valence-corrected chi connectivity index (χ4v) is 1.98. The van der Waals surface area contributed by atoms with Crippen molar-refractivity contribution in [3.63, 3.8) is 0 Å². The second-order valence-corrected chi connectivity index (χ2v) is 5.45. The predicted octanol–water partition coefficient (Wildman–Crippen LogP) is 1.67. The first kappa shape index (κ1) is 14.5. The Bertz CT molecular complexity index is 604. The van der Waals surface area contributed by atoms with E-state index in [0.717, 1.165) is 16.9 Å². The average molecular weight is 275 g/mol. The molecule has 0 aliphatic carbocycles. The molecule has 0 radical (unpaired) electrons. The molecule has 0 aliphatic heterocycles. The van der Waals surface area contributed by atoms with Crippen LogP contribution in [0.4, 0.5) is 0 Å². The number of aliphatic hydroxyl groups excluding tert-OH is 1. The molecule has 108 valence electrons. The van der Waals surface area contributed by atoms with Crippen molar-refractivity contribution in [2.45, 2.75) is 39.8 Å². The maximum absolute atomic E-state index is 11.7. The van der Waals surface area contributed by atoms with E-state index in [2.05, 4.69) is 10.3 Å². The molecule has 0 fully saturated rings. The van der Waals surface area contributed by atoms with Gasteiger partial charge in [0.25, 0.3) is 0 Å². The van der Waals surface area contributed by atoms with Crippen molar-refractivity contribution in [3.05, 3.63) is 35.8 Å². The van der Waals surface area contributed by atoms with E-state index in [-0.39, 0.29) is 18.2 Å². The highest BCUT2D eigenvalue weighted by Gasteiger charge is 2.14. The molecule has 2 aromatic heterocycles. The second-order valence-electron chi connectivity index (χ2n) is 5.45. The van der Waals surface area contributed by atoms with Gasteiger partial charge in [-0.05, 0) is 24.5 Å². The summed E-state index contributed by atoms with van der Waals surface area (Å²) >= 11 is 0. The monoisotopic (exact) mass is 275 g/mol. The van der Waals surface area contributed by atoms with Gasteiger partial charge < -0.3 is 14.8 Å². The first-order valence-corrected chi connectivity index (χ1v) is 6.85. The van der Waals surface area contributed by atoms with Crippen molar-refractivity contribution in [3.8, 4) is 0 Å². The number of nitrogens with zero attached hydrogens (tertiary/aromatic N) is 2. The lowest BCUT2D eigenvalue weighted by Crippen LogP contribution is -2.29. The summed E-state index contributed by atoms with van der Waals surface area (Å²) in [7, 11) is 0. The number of rotatable bonds is 5. The SMILES string of the molecule is Cc1cccn2cc(CNC(=O)CC(O)C(C)C)nc12. The van der Waals surface area contributed by atoms with Crippen LogP contribution < -0.4 is 5.32 Å². The average Bonchev–Trinajstić information content (AvgIpc) is 2.81. The van der Waals surface area contributed by atoms with Crippen LogP contribution in [0.3, 0.4) is 0 Å². The molecule has 1 unspecified atom stereocenters. The predicted molar refractivity (Wildman–Crippen MR) is 77.2 cm³/mol. The Balaban J connectivity index is 1.96. The number of aliphatic hydroxyl groups is 1. The van der Waals surface area contributed by atoms with Gasteiger partial charge in [0.2, 0.25) is 5.91 Å². The minimum atomic E-state index is -0.599. The number of amides is 1. The third-order valence-corrected chi connectivity index (χ3v) is 3.36. The highest BCUT2D eigenvalue weighted by atomic mass is 16.3. The summed E-state index contributed by atoms with van der Waals surface area (Å²) in [5, 5.41) is 12.5. The van der Waals surface area contributed by atoms with Crippen LogP contribution in [-0.2, 0) is 11.3 Å². The summed E-state index contributed by atoms with van der Waals surface area (Å²) in [4.78, 5) is 16.2. The Morgan fingerprint density at radius 3 is 2.90 bits per heavy atom. The van der Waals surface area contributed by atoms with Gasteiger partial charge in [0.15, 0.2) is 0 Å². The number of pyridine rings is 1. The van der Waals surface area contributed by atoms with Crippen LogP contribution >= 0.6 is 0 Å². The maximum atomic E-state index is 11.7. The number of carbonyl (C=O) groups is 1. The number of nitrogens with one attached hydrogen (secondary N) is 1. The molecular weight excluding hydrogens is 254 g/mol. The number of imidazole rings is 1. The standard InChI is InChI=1S/C15H21N3O2/c1-10(2)13(19)7-14(20)16-8-12-9-18-6-4-5-11(3)15(18)17-12/h4-6,9-10,13,19H,7-8H2,1-3H3,(H,16,20). The van der Waals surface area contributed by atoms with Crippen LogP contribution in [-0.4, -0.2) is 26.5 Å². The summed E-state index contributed by atoms with van der Waals surface area (Å²) in [6, 6.07) is 3.97. The van der Waals surface area contributed by atoms with Crippen LogP contribution in [0.25, 0.3) is 5.65 Å². The van der Waals surface area contributed by atoms with Gasteiger partial charge in [0, 0.05) is 12.4 Å². The minimum Gasteiger partial charge on any atom is -0.392 e. The van der Waals surface area contributed by atoms with E-state index in [1.807, 2.05) is 49.7 Å². The molecular formula is C15H21N3O2. The third-order valence-electron chi connectivity index (χ3n) is 3.36. The van der Waals surface area contributed by atoms with Crippen LogP contribution in [0.2, 0.25) is 0 Å². The molecule has 5 heteroatoms. The fourth-order valence-electron chi connectivity index (χ4n) is 1.98. The van der Waals surface area contributed by atoms with Crippen LogP contribution in [0.15, 0.2) is 24.5 Å². The molecule has 2 N–H and O–H groups in total. The van der Waals surface area contributed by atoms with Crippen molar-refractivity contribution < 1.29 is 9.90 Å². The topological polar surface area (TPSA) is 66.6 Å². The van der Waals surface area contributed by atoms with Crippen molar-refractivity contribution in [2.24, 2.45) is 5.92 Å². The number of hydrogen-bond acceptors (Lipinski definition) is 3. The fraction of sp³-hybridized carbons (Fsp3) is 0.467. The number of fused-ring (bicyclic) bond motifs is 1. The molecule has 0 aliphatic rings. The summed E-state index contributed by atoms with van der Waals surface area (Å²) in [5.74, 6) is -0.0708. The maximum Gasteiger partial charge on any atom is 0.222 e. The van der Waals surface area contributed by atoms with E-state index in [4.69, 9.17) is 0 Å². The van der Waals surface area contributed by atoms with E-state index in [1.165, 1.54) is 0 Å². The van der Waals surface area contributed by atoms with E-state index in [9.17, 15) is 9.90 Å². The van der Waals surface area contributed by atoms with Crippen LogP contribution in [0.1, 0.15) is 31.5 Å². The second kappa shape index (κ2) is 6.05. The van der Waals surface area contributed by atoms with Crippen LogP contribution in [0.5, 0.6) is 0 Å². The quantitative estimate of drug-likeness (QED) is 0.872. The van der Waals surface area contributed by atoms with Gasteiger partial charge in [-0.1, -0.05) is 19.9 Å². The first-order valence-electron chi connectivity index (χ1n) is 6.85. The van der Waals surface area contributed by atoms with Gasteiger partial charge in [-0.3, -0.25) is 4.79 Å². The van der Waals surface area contributed by atoms with E-state index in [1.54, 1.807) is 0 Å². The van der Waals surface area contributed by atoms with Gasteiger partial charge in [-0.2, -0.15) is 0 Å². The molecule has 2 rings (SSSR count).